The maximum atomic E-state index is 12.7. The first-order chi connectivity index (χ1) is 17.2. The van der Waals surface area contributed by atoms with Crippen LogP contribution in [0.25, 0.3) is 0 Å². The fourth-order valence-electron chi connectivity index (χ4n) is 4.26. The molecular weight excluding hydrogens is 426 g/mol. The maximum Gasteiger partial charge on any atom is 0.220 e. The molecule has 0 spiro atoms. The molecule has 0 fully saturated rings. The zero-order chi connectivity index (χ0) is 25.0. The monoisotopic (exact) mass is 473 g/mol. The van der Waals surface area contributed by atoms with Crippen molar-refractivity contribution in [3.8, 4) is 0 Å². The van der Waals surface area contributed by atoms with Crippen LogP contribution < -0.4 is 5.32 Å². The van der Waals surface area contributed by atoms with E-state index in [1.54, 1.807) is 0 Å². The van der Waals surface area contributed by atoms with Crippen LogP contribution in [0.2, 0.25) is 0 Å². The number of carbonyl (C=O) groups excluding carboxylic acids is 1. The van der Waals surface area contributed by atoms with E-state index in [-0.39, 0.29) is 11.9 Å². The highest BCUT2D eigenvalue weighted by molar-refractivity contribution is 5.76. The van der Waals surface area contributed by atoms with E-state index in [9.17, 15) is 4.79 Å². The molecule has 0 radical (unpaired) electrons. The average Bonchev–Trinajstić information content (AvgIpc) is 2.88. The quantitative estimate of drug-likeness (QED) is 0.170. The van der Waals surface area contributed by atoms with Gasteiger partial charge in [-0.25, -0.2) is 0 Å². The van der Waals surface area contributed by atoms with Gasteiger partial charge in [0, 0.05) is 6.42 Å². The van der Waals surface area contributed by atoms with E-state index in [0.29, 0.717) is 6.42 Å². The predicted molar refractivity (Wildman–Crippen MR) is 152 cm³/mol. The summed E-state index contributed by atoms with van der Waals surface area (Å²) in [6, 6.07) is 19.0. The molecule has 0 aliphatic rings. The Morgan fingerprint density at radius 1 is 0.771 bits per heavy atom. The molecule has 0 saturated carbocycles. The third-order valence-corrected chi connectivity index (χ3v) is 6.45. The molecule has 2 aromatic rings. The van der Waals surface area contributed by atoms with Crippen LogP contribution in [0.3, 0.4) is 0 Å². The molecule has 2 nitrogen and oxygen atoms in total. The Labute approximate surface area is 214 Å². The number of unbranched alkanes of at least 4 members (excludes halogenated alkanes) is 8. The number of hydrogen-bond donors (Lipinski definition) is 1. The Bertz CT molecular complexity index is 850. The van der Waals surface area contributed by atoms with Crippen LogP contribution >= 0.6 is 0 Å². The van der Waals surface area contributed by atoms with Crippen molar-refractivity contribution in [2.75, 3.05) is 0 Å². The van der Waals surface area contributed by atoms with Crippen molar-refractivity contribution in [1.82, 2.24) is 5.32 Å². The lowest BCUT2D eigenvalue weighted by atomic mass is 9.98. The van der Waals surface area contributed by atoms with E-state index >= 15 is 0 Å². The highest BCUT2D eigenvalue weighted by Crippen LogP contribution is 2.19. The van der Waals surface area contributed by atoms with Gasteiger partial charge in [-0.05, 0) is 63.0 Å². The van der Waals surface area contributed by atoms with E-state index < -0.39 is 0 Å². The normalized spacial score (nSPS) is 12.4. The largest absolute Gasteiger partial charge is 0.349 e. The lowest BCUT2D eigenvalue weighted by Gasteiger charge is -2.20. The third-order valence-electron chi connectivity index (χ3n) is 6.45. The number of rotatable bonds is 18. The highest BCUT2D eigenvalue weighted by atomic mass is 16.1. The van der Waals surface area contributed by atoms with Gasteiger partial charge in [0.15, 0.2) is 0 Å². The molecule has 0 heterocycles. The molecule has 0 saturated heterocycles. The Kier molecular flexibility index (Phi) is 15.3. The molecule has 0 aromatic heterocycles. The van der Waals surface area contributed by atoms with E-state index in [1.165, 1.54) is 68.1 Å². The Balaban J connectivity index is 1.59. The van der Waals surface area contributed by atoms with Gasteiger partial charge in [-0.3, -0.25) is 4.79 Å². The average molecular weight is 474 g/mol. The van der Waals surface area contributed by atoms with Gasteiger partial charge in [0.05, 0.1) is 6.04 Å². The van der Waals surface area contributed by atoms with E-state index in [2.05, 4.69) is 79.9 Å². The van der Waals surface area contributed by atoms with E-state index in [1.807, 2.05) is 18.2 Å². The molecule has 0 aliphatic carbocycles. The van der Waals surface area contributed by atoms with Gasteiger partial charge in [-0.2, -0.15) is 0 Å². The second-order valence-corrected chi connectivity index (χ2v) is 9.70. The number of aryl methyl sites for hydroxylation is 1. The zero-order valence-electron chi connectivity index (χ0n) is 22.2. The van der Waals surface area contributed by atoms with Crippen LogP contribution in [0.4, 0.5) is 0 Å². The summed E-state index contributed by atoms with van der Waals surface area (Å²) in [5, 5.41) is 3.29. The number of carbonyl (C=O) groups is 1. The predicted octanol–water partition coefficient (Wildman–Crippen LogP) is 9.21. The fourth-order valence-corrected chi connectivity index (χ4v) is 4.26. The molecule has 0 unspecified atom stereocenters. The first-order valence-electron chi connectivity index (χ1n) is 13.9. The Morgan fingerprint density at radius 2 is 1.40 bits per heavy atom. The minimum absolute atomic E-state index is 0.0179. The number of hydrogen-bond acceptors (Lipinski definition) is 1. The van der Waals surface area contributed by atoms with Crippen molar-refractivity contribution in [2.24, 2.45) is 0 Å². The van der Waals surface area contributed by atoms with Crippen molar-refractivity contribution in [2.45, 2.75) is 103 Å². The van der Waals surface area contributed by atoms with Gasteiger partial charge in [-0.15, -0.1) is 0 Å². The van der Waals surface area contributed by atoms with Crippen LogP contribution in [-0.2, 0) is 11.2 Å². The van der Waals surface area contributed by atoms with Crippen molar-refractivity contribution in [1.29, 1.82) is 0 Å². The molecule has 0 aliphatic heterocycles. The van der Waals surface area contributed by atoms with Crippen molar-refractivity contribution >= 4 is 5.91 Å². The first-order valence-corrected chi connectivity index (χ1v) is 13.9. The summed E-state index contributed by atoms with van der Waals surface area (Å²) in [7, 11) is 0. The van der Waals surface area contributed by atoms with Gasteiger partial charge < -0.3 is 5.32 Å². The standard InChI is InChI=1S/C33H47NO/c1-3-4-5-6-7-8-9-10-11-12-13-14-15-16-20-23-33(35)34-32(31-21-18-17-19-22-31)28-30-26-24-29(2)25-27-30/h7-8,10-11,17-19,21-22,24-27,32H,3-6,9,12-16,20,23,28H2,1-2H3,(H,34,35)/b8-7-,11-10-/t32-/m1/s1. The summed E-state index contributed by atoms with van der Waals surface area (Å²) >= 11 is 0. The van der Waals surface area contributed by atoms with Crippen LogP contribution in [0.5, 0.6) is 0 Å². The zero-order valence-corrected chi connectivity index (χ0v) is 22.2. The summed E-state index contributed by atoms with van der Waals surface area (Å²) < 4.78 is 0. The van der Waals surface area contributed by atoms with Crippen LogP contribution in [0, 0.1) is 6.92 Å². The first kappa shape index (κ1) is 28.6. The third kappa shape index (κ3) is 13.8. The minimum atomic E-state index is 0.0179. The second-order valence-electron chi connectivity index (χ2n) is 9.70. The lowest BCUT2D eigenvalue weighted by Crippen LogP contribution is -2.29. The molecule has 2 aromatic carbocycles. The van der Waals surface area contributed by atoms with Crippen molar-refractivity contribution in [3.63, 3.8) is 0 Å². The molecule has 2 rings (SSSR count). The summed E-state index contributed by atoms with van der Waals surface area (Å²) in [5.74, 6) is 0.164. The molecule has 35 heavy (non-hydrogen) atoms. The second kappa shape index (κ2) is 18.7. The summed E-state index contributed by atoms with van der Waals surface area (Å²) in [5.41, 5.74) is 3.68. The van der Waals surface area contributed by atoms with Gasteiger partial charge >= 0.3 is 0 Å². The molecule has 2 heteroatoms. The number of allylic oxidation sites excluding steroid dienone is 4. The Hall–Kier alpha value is -2.61. The van der Waals surface area contributed by atoms with Gasteiger partial charge in [0.1, 0.15) is 0 Å². The molecule has 0 bridgehead atoms. The van der Waals surface area contributed by atoms with Crippen LogP contribution in [-0.4, -0.2) is 5.91 Å². The minimum Gasteiger partial charge on any atom is -0.349 e. The van der Waals surface area contributed by atoms with Crippen molar-refractivity contribution in [3.05, 3.63) is 95.6 Å². The molecule has 190 valence electrons. The number of amides is 1. The van der Waals surface area contributed by atoms with Crippen LogP contribution in [0.1, 0.15) is 107 Å². The maximum absolute atomic E-state index is 12.7. The molecule has 1 N–H and O–H groups in total. The topological polar surface area (TPSA) is 29.1 Å². The van der Waals surface area contributed by atoms with E-state index in [0.717, 1.165) is 25.7 Å². The van der Waals surface area contributed by atoms with Crippen LogP contribution in [0.15, 0.2) is 78.9 Å². The van der Waals surface area contributed by atoms with E-state index in [4.69, 9.17) is 0 Å². The molecule has 1 atom stereocenters. The van der Waals surface area contributed by atoms with Gasteiger partial charge in [-0.1, -0.05) is 123 Å². The summed E-state index contributed by atoms with van der Waals surface area (Å²) in [4.78, 5) is 12.7. The molecule has 1 amide bonds. The summed E-state index contributed by atoms with van der Waals surface area (Å²) in [6.07, 6.45) is 23.9. The van der Waals surface area contributed by atoms with Gasteiger partial charge in [0.25, 0.3) is 0 Å². The fraction of sp³-hybridized carbons (Fsp3) is 0.485. The number of nitrogens with one attached hydrogen (secondary N) is 1. The smallest absolute Gasteiger partial charge is 0.220 e. The highest BCUT2D eigenvalue weighted by Gasteiger charge is 2.15. The van der Waals surface area contributed by atoms with Crippen molar-refractivity contribution < 1.29 is 4.79 Å². The number of benzene rings is 2. The van der Waals surface area contributed by atoms with Gasteiger partial charge in [0.2, 0.25) is 5.91 Å². The SMILES string of the molecule is CCCCC/C=C\C/C=C\CCCCCCCC(=O)N[C@H](Cc1ccc(C)cc1)c1ccccc1. The lowest BCUT2D eigenvalue weighted by molar-refractivity contribution is -0.122. The summed E-state index contributed by atoms with van der Waals surface area (Å²) in [6.45, 7) is 4.35. The Morgan fingerprint density at radius 3 is 2.09 bits per heavy atom. The molecular formula is C33H47NO.